The molecule has 0 saturated heterocycles. The van der Waals surface area contributed by atoms with Crippen molar-refractivity contribution in [3.63, 3.8) is 0 Å². The molecule has 0 bridgehead atoms. The van der Waals surface area contributed by atoms with Gasteiger partial charge in [0.05, 0.1) is 12.6 Å². The highest BCUT2D eigenvalue weighted by molar-refractivity contribution is 5.85. The van der Waals surface area contributed by atoms with Gasteiger partial charge in [0.15, 0.2) is 0 Å². The summed E-state index contributed by atoms with van der Waals surface area (Å²) < 4.78 is 9.76. The second-order valence-electron chi connectivity index (χ2n) is 3.81. The Morgan fingerprint density at radius 3 is 3.00 bits per heavy atom. The lowest BCUT2D eigenvalue weighted by molar-refractivity contribution is 0.0556. The van der Waals surface area contributed by atoms with E-state index in [4.69, 9.17) is 4.42 Å². The van der Waals surface area contributed by atoms with E-state index >= 15 is 0 Å². The van der Waals surface area contributed by atoms with E-state index in [2.05, 4.69) is 19.9 Å². The van der Waals surface area contributed by atoms with E-state index < -0.39 is 5.97 Å². The molecule has 2 aromatic heterocycles. The van der Waals surface area contributed by atoms with Gasteiger partial charge in [-0.25, -0.2) is 4.79 Å². The van der Waals surface area contributed by atoms with Gasteiger partial charge in [-0.05, 0) is 24.3 Å². The standard InChI is InChI=1S/C13H9N3O3/c1-18-13(17)12-16-15-11(19-12)9-4-5-10-8(7-9)3-2-6-14-10/h2-7H,1H3. The molecule has 1 aromatic carbocycles. The molecule has 0 amide bonds. The molecule has 0 aliphatic rings. The van der Waals surface area contributed by atoms with Gasteiger partial charge in [-0.2, -0.15) is 0 Å². The van der Waals surface area contributed by atoms with Crippen molar-refractivity contribution in [2.75, 3.05) is 7.11 Å². The second kappa shape index (κ2) is 4.49. The van der Waals surface area contributed by atoms with Gasteiger partial charge in [-0.15, -0.1) is 10.2 Å². The van der Waals surface area contributed by atoms with Crippen LogP contribution in [-0.2, 0) is 4.74 Å². The summed E-state index contributed by atoms with van der Waals surface area (Å²) in [5, 5.41) is 8.42. The van der Waals surface area contributed by atoms with Gasteiger partial charge in [0, 0.05) is 17.1 Å². The average Bonchev–Trinajstić information content (AvgIpc) is 2.95. The van der Waals surface area contributed by atoms with Crippen LogP contribution in [0.2, 0.25) is 0 Å². The van der Waals surface area contributed by atoms with Crippen LogP contribution in [0.5, 0.6) is 0 Å². The van der Waals surface area contributed by atoms with Crippen LogP contribution in [0, 0.1) is 0 Å². The maximum atomic E-state index is 11.2. The van der Waals surface area contributed by atoms with Crippen LogP contribution in [0.25, 0.3) is 22.4 Å². The molecule has 3 rings (SSSR count). The van der Waals surface area contributed by atoms with Crippen LogP contribution >= 0.6 is 0 Å². The van der Waals surface area contributed by atoms with E-state index in [1.54, 1.807) is 6.20 Å². The van der Waals surface area contributed by atoms with Crippen molar-refractivity contribution in [1.82, 2.24) is 15.2 Å². The van der Waals surface area contributed by atoms with Gasteiger partial charge in [0.2, 0.25) is 5.89 Å². The molecule has 6 heteroatoms. The molecule has 2 heterocycles. The summed E-state index contributed by atoms with van der Waals surface area (Å²) in [7, 11) is 1.26. The first kappa shape index (κ1) is 11.3. The van der Waals surface area contributed by atoms with Crippen molar-refractivity contribution < 1.29 is 13.9 Å². The number of fused-ring (bicyclic) bond motifs is 1. The SMILES string of the molecule is COC(=O)c1nnc(-c2ccc3ncccc3c2)o1. The number of rotatable bonds is 2. The molecule has 0 spiro atoms. The summed E-state index contributed by atoms with van der Waals surface area (Å²) in [5.41, 5.74) is 1.60. The number of aromatic nitrogens is 3. The van der Waals surface area contributed by atoms with Crippen LogP contribution in [0.3, 0.4) is 0 Å². The molecule has 0 radical (unpaired) electrons. The molecule has 0 saturated carbocycles. The Kier molecular flexibility index (Phi) is 2.68. The summed E-state index contributed by atoms with van der Waals surface area (Å²) in [6.45, 7) is 0. The summed E-state index contributed by atoms with van der Waals surface area (Å²) >= 11 is 0. The topological polar surface area (TPSA) is 78.1 Å². The molecule has 6 nitrogen and oxygen atoms in total. The molecule has 94 valence electrons. The van der Waals surface area contributed by atoms with E-state index in [-0.39, 0.29) is 11.8 Å². The summed E-state index contributed by atoms with van der Waals surface area (Å²) in [5.74, 6) is -0.545. The van der Waals surface area contributed by atoms with E-state index in [9.17, 15) is 4.79 Å². The number of nitrogens with zero attached hydrogens (tertiary/aromatic N) is 3. The van der Waals surface area contributed by atoms with Crippen LogP contribution in [-0.4, -0.2) is 28.3 Å². The van der Waals surface area contributed by atoms with E-state index in [1.165, 1.54) is 7.11 Å². The average molecular weight is 255 g/mol. The third-order valence-corrected chi connectivity index (χ3v) is 2.63. The van der Waals surface area contributed by atoms with Crippen LogP contribution < -0.4 is 0 Å². The van der Waals surface area contributed by atoms with E-state index in [0.29, 0.717) is 0 Å². The number of pyridine rings is 1. The maximum Gasteiger partial charge on any atom is 0.396 e. The Labute approximate surface area is 108 Å². The molecule has 3 aromatic rings. The number of carbonyl (C=O) groups is 1. The van der Waals surface area contributed by atoms with Crippen molar-refractivity contribution >= 4 is 16.9 Å². The Balaban J connectivity index is 2.04. The molecule has 0 N–H and O–H groups in total. The Hall–Kier alpha value is -2.76. The molecule has 0 fully saturated rings. The summed E-state index contributed by atoms with van der Waals surface area (Å²) in [6.07, 6.45) is 1.73. The van der Waals surface area contributed by atoms with Crippen LogP contribution in [0.4, 0.5) is 0 Å². The van der Waals surface area contributed by atoms with Crippen molar-refractivity contribution in [3.05, 3.63) is 42.4 Å². The van der Waals surface area contributed by atoms with Crippen LogP contribution in [0.1, 0.15) is 10.7 Å². The highest BCUT2D eigenvalue weighted by Gasteiger charge is 2.16. The molecular weight excluding hydrogens is 246 g/mol. The molecule has 0 aliphatic carbocycles. The normalized spacial score (nSPS) is 10.6. The van der Waals surface area contributed by atoms with Gasteiger partial charge in [-0.3, -0.25) is 4.98 Å². The number of esters is 1. The van der Waals surface area contributed by atoms with Crippen molar-refractivity contribution in [2.45, 2.75) is 0 Å². The third-order valence-electron chi connectivity index (χ3n) is 2.63. The fraction of sp³-hybridized carbons (Fsp3) is 0.0769. The van der Waals surface area contributed by atoms with Gasteiger partial charge in [-0.1, -0.05) is 6.07 Å². The Morgan fingerprint density at radius 2 is 2.16 bits per heavy atom. The van der Waals surface area contributed by atoms with Crippen molar-refractivity contribution in [3.8, 4) is 11.5 Å². The predicted molar refractivity (Wildman–Crippen MR) is 66.4 cm³/mol. The van der Waals surface area contributed by atoms with Crippen LogP contribution in [0.15, 0.2) is 40.9 Å². The van der Waals surface area contributed by atoms with Gasteiger partial charge >= 0.3 is 11.9 Å². The molecular formula is C13H9N3O3. The fourth-order valence-corrected chi connectivity index (χ4v) is 1.72. The lowest BCUT2D eigenvalue weighted by atomic mass is 10.1. The zero-order chi connectivity index (χ0) is 13.2. The number of ether oxygens (including phenoxy) is 1. The van der Waals surface area contributed by atoms with Crippen molar-refractivity contribution in [2.24, 2.45) is 0 Å². The number of hydrogen-bond acceptors (Lipinski definition) is 6. The highest BCUT2D eigenvalue weighted by Crippen LogP contribution is 2.22. The minimum Gasteiger partial charge on any atom is -0.462 e. The molecule has 0 unspecified atom stereocenters. The van der Waals surface area contributed by atoms with Gasteiger partial charge < -0.3 is 9.15 Å². The lowest BCUT2D eigenvalue weighted by Gasteiger charge is -1.98. The maximum absolute atomic E-state index is 11.2. The molecule has 0 aliphatic heterocycles. The molecule has 19 heavy (non-hydrogen) atoms. The van der Waals surface area contributed by atoms with E-state index in [1.807, 2.05) is 30.3 Å². The number of methoxy groups -OCH3 is 1. The smallest absolute Gasteiger partial charge is 0.396 e. The van der Waals surface area contributed by atoms with Gasteiger partial charge in [0.25, 0.3) is 0 Å². The summed E-state index contributed by atoms with van der Waals surface area (Å²) in [6, 6.07) is 9.32. The largest absolute Gasteiger partial charge is 0.462 e. The third kappa shape index (κ3) is 2.03. The van der Waals surface area contributed by atoms with Crippen molar-refractivity contribution in [1.29, 1.82) is 0 Å². The summed E-state index contributed by atoms with van der Waals surface area (Å²) in [4.78, 5) is 15.5. The quantitative estimate of drug-likeness (QED) is 0.652. The minimum atomic E-state index is -0.652. The predicted octanol–water partition coefficient (Wildman–Crippen LogP) is 2.07. The minimum absolute atomic E-state index is 0.163. The lowest BCUT2D eigenvalue weighted by Crippen LogP contribution is -2.00. The molecule has 0 atom stereocenters. The number of carbonyl (C=O) groups excluding carboxylic acids is 1. The first-order valence-corrected chi connectivity index (χ1v) is 5.55. The first-order chi connectivity index (χ1) is 9.28. The first-order valence-electron chi connectivity index (χ1n) is 5.55. The monoisotopic (exact) mass is 255 g/mol. The highest BCUT2D eigenvalue weighted by atomic mass is 16.5. The zero-order valence-electron chi connectivity index (χ0n) is 10.0. The van der Waals surface area contributed by atoms with Gasteiger partial charge in [0.1, 0.15) is 0 Å². The number of benzene rings is 1. The Morgan fingerprint density at radius 1 is 1.26 bits per heavy atom. The second-order valence-corrected chi connectivity index (χ2v) is 3.81. The number of hydrogen-bond donors (Lipinski definition) is 0. The Bertz CT molecular complexity index is 751. The zero-order valence-corrected chi connectivity index (χ0v) is 10.0. The fourth-order valence-electron chi connectivity index (χ4n) is 1.72. The van der Waals surface area contributed by atoms with E-state index in [0.717, 1.165) is 16.5 Å².